The number of amides is 1. The molecule has 0 saturated heterocycles. The standard InChI is InChI=1S/C17H18ClNO2/c1-2-14(20)11-12-7-6-10-15(18)16(12)17(21)19-13-8-4-3-5-9-13/h4,6-10H,2-3,5,11H2,1H3,(H,19,21). The molecular formula is C17H18ClNO2. The predicted molar refractivity (Wildman–Crippen MR) is 84.4 cm³/mol. The van der Waals surface area contributed by atoms with Crippen LogP contribution in [0.25, 0.3) is 0 Å². The second-order valence-corrected chi connectivity index (χ2v) is 5.34. The van der Waals surface area contributed by atoms with E-state index in [1.165, 1.54) is 0 Å². The van der Waals surface area contributed by atoms with E-state index in [9.17, 15) is 9.59 Å². The molecule has 110 valence electrons. The Balaban J connectivity index is 2.24. The van der Waals surface area contributed by atoms with Crippen molar-refractivity contribution in [2.45, 2.75) is 32.6 Å². The second-order valence-electron chi connectivity index (χ2n) is 4.94. The Kier molecular flexibility index (Phi) is 5.34. The SMILES string of the molecule is CCC(=O)Cc1cccc(Cl)c1C(=O)NC1=CCCC=C1. The van der Waals surface area contributed by atoms with Crippen molar-refractivity contribution in [1.82, 2.24) is 5.32 Å². The van der Waals surface area contributed by atoms with E-state index in [4.69, 9.17) is 11.6 Å². The molecule has 1 aromatic carbocycles. The summed E-state index contributed by atoms with van der Waals surface area (Å²) >= 11 is 6.16. The maximum atomic E-state index is 12.4. The molecule has 4 heteroatoms. The number of Topliss-reactive ketones (excluding diaryl/α,β-unsaturated/α-hetero) is 1. The fourth-order valence-corrected chi connectivity index (χ4v) is 2.49. The Morgan fingerprint density at radius 1 is 1.29 bits per heavy atom. The van der Waals surface area contributed by atoms with Crippen LogP contribution in [0.1, 0.15) is 42.1 Å². The molecule has 0 heterocycles. The third-order valence-electron chi connectivity index (χ3n) is 3.36. The van der Waals surface area contributed by atoms with Gasteiger partial charge in [0.05, 0.1) is 10.6 Å². The first kappa shape index (κ1) is 15.5. The Bertz CT molecular complexity index is 617. The molecule has 2 rings (SSSR count). The average molecular weight is 304 g/mol. The number of carbonyl (C=O) groups excluding carboxylic acids is 2. The summed E-state index contributed by atoms with van der Waals surface area (Å²) in [6.45, 7) is 1.81. The van der Waals surface area contributed by atoms with Gasteiger partial charge in [-0.15, -0.1) is 0 Å². The van der Waals surface area contributed by atoms with Crippen molar-refractivity contribution in [1.29, 1.82) is 0 Å². The number of nitrogens with one attached hydrogen (secondary N) is 1. The third kappa shape index (κ3) is 4.05. The third-order valence-corrected chi connectivity index (χ3v) is 3.68. The van der Waals surface area contributed by atoms with Gasteiger partial charge < -0.3 is 5.32 Å². The van der Waals surface area contributed by atoms with Crippen molar-refractivity contribution in [2.75, 3.05) is 0 Å². The van der Waals surface area contributed by atoms with Gasteiger partial charge in [-0.2, -0.15) is 0 Å². The van der Waals surface area contributed by atoms with E-state index in [-0.39, 0.29) is 18.1 Å². The monoisotopic (exact) mass is 303 g/mol. The largest absolute Gasteiger partial charge is 0.322 e. The predicted octanol–water partition coefficient (Wildman–Crippen LogP) is 3.83. The molecule has 0 aliphatic heterocycles. The summed E-state index contributed by atoms with van der Waals surface area (Å²) in [6.07, 6.45) is 8.46. The van der Waals surface area contributed by atoms with Crippen LogP contribution in [-0.4, -0.2) is 11.7 Å². The molecule has 0 radical (unpaired) electrons. The summed E-state index contributed by atoms with van der Waals surface area (Å²) in [4.78, 5) is 24.1. The van der Waals surface area contributed by atoms with Crippen LogP contribution < -0.4 is 5.32 Å². The highest BCUT2D eigenvalue weighted by atomic mass is 35.5. The molecule has 0 aromatic heterocycles. The fourth-order valence-electron chi connectivity index (χ4n) is 2.21. The molecule has 0 unspecified atom stereocenters. The highest BCUT2D eigenvalue weighted by Gasteiger charge is 2.17. The topological polar surface area (TPSA) is 46.2 Å². The summed E-state index contributed by atoms with van der Waals surface area (Å²) < 4.78 is 0. The van der Waals surface area contributed by atoms with Gasteiger partial charge in [-0.3, -0.25) is 9.59 Å². The van der Waals surface area contributed by atoms with Crippen molar-refractivity contribution >= 4 is 23.3 Å². The van der Waals surface area contributed by atoms with E-state index < -0.39 is 0 Å². The zero-order valence-electron chi connectivity index (χ0n) is 12.0. The molecule has 1 aliphatic carbocycles. The van der Waals surface area contributed by atoms with Crippen LogP contribution in [0.3, 0.4) is 0 Å². The first-order chi connectivity index (χ1) is 10.1. The maximum Gasteiger partial charge on any atom is 0.257 e. The van der Waals surface area contributed by atoms with Gasteiger partial charge in [-0.25, -0.2) is 0 Å². The highest BCUT2D eigenvalue weighted by molar-refractivity contribution is 6.34. The smallest absolute Gasteiger partial charge is 0.257 e. The number of carbonyl (C=O) groups is 2. The van der Waals surface area contributed by atoms with Crippen LogP contribution in [0.5, 0.6) is 0 Å². The summed E-state index contributed by atoms with van der Waals surface area (Å²) in [5, 5.41) is 3.22. The van der Waals surface area contributed by atoms with Gasteiger partial charge in [0.25, 0.3) is 5.91 Å². The van der Waals surface area contributed by atoms with Crippen molar-refractivity contribution in [3.63, 3.8) is 0 Å². The Hall–Kier alpha value is -1.87. The first-order valence-corrected chi connectivity index (χ1v) is 7.46. The molecule has 0 spiro atoms. The van der Waals surface area contributed by atoms with Crippen LogP contribution >= 0.6 is 11.6 Å². The number of halogens is 1. The quantitative estimate of drug-likeness (QED) is 0.898. The van der Waals surface area contributed by atoms with E-state index in [0.29, 0.717) is 22.6 Å². The van der Waals surface area contributed by atoms with E-state index >= 15 is 0 Å². The van der Waals surface area contributed by atoms with Gasteiger partial charge in [0, 0.05) is 18.5 Å². The maximum absolute atomic E-state index is 12.4. The minimum absolute atomic E-state index is 0.0862. The lowest BCUT2D eigenvalue weighted by atomic mass is 10.0. The molecule has 1 aliphatic rings. The van der Waals surface area contributed by atoms with Crippen LogP contribution in [0.15, 0.2) is 42.1 Å². The molecular weight excluding hydrogens is 286 g/mol. The Morgan fingerprint density at radius 3 is 2.76 bits per heavy atom. The molecule has 1 amide bonds. The summed E-state index contributed by atoms with van der Waals surface area (Å²) in [5.41, 5.74) is 1.84. The van der Waals surface area contributed by atoms with Gasteiger partial charge in [0.15, 0.2) is 0 Å². The number of hydrogen-bond acceptors (Lipinski definition) is 2. The minimum Gasteiger partial charge on any atom is -0.322 e. The van der Waals surface area contributed by atoms with Crippen LogP contribution in [-0.2, 0) is 11.2 Å². The van der Waals surface area contributed by atoms with Crippen LogP contribution in [0.4, 0.5) is 0 Å². The van der Waals surface area contributed by atoms with E-state index in [1.807, 2.05) is 25.2 Å². The van der Waals surface area contributed by atoms with Gasteiger partial charge in [-0.05, 0) is 30.5 Å². The molecule has 0 atom stereocenters. The van der Waals surface area contributed by atoms with Crippen molar-refractivity contribution in [2.24, 2.45) is 0 Å². The normalized spacial score (nSPS) is 13.7. The number of hydrogen-bond donors (Lipinski definition) is 1. The molecule has 3 nitrogen and oxygen atoms in total. The number of rotatable bonds is 5. The first-order valence-electron chi connectivity index (χ1n) is 7.09. The van der Waals surface area contributed by atoms with Crippen molar-refractivity contribution in [3.05, 3.63) is 58.3 Å². The highest BCUT2D eigenvalue weighted by Crippen LogP contribution is 2.22. The summed E-state index contributed by atoms with van der Waals surface area (Å²) in [6, 6.07) is 5.21. The lowest BCUT2D eigenvalue weighted by molar-refractivity contribution is -0.118. The average Bonchev–Trinajstić information content (AvgIpc) is 2.48. The zero-order valence-corrected chi connectivity index (χ0v) is 12.7. The van der Waals surface area contributed by atoms with Crippen molar-refractivity contribution < 1.29 is 9.59 Å². The molecule has 0 bridgehead atoms. The lowest BCUT2D eigenvalue weighted by Gasteiger charge is -2.13. The minimum atomic E-state index is -0.266. The molecule has 21 heavy (non-hydrogen) atoms. The van der Waals surface area contributed by atoms with E-state index in [0.717, 1.165) is 18.5 Å². The number of ketones is 1. The molecule has 0 saturated carbocycles. The van der Waals surface area contributed by atoms with Gasteiger partial charge in [0.2, 0.25) is 0 Å². The molecule has 1 aromatic rings. The Morgan fingerprint density at radius 2 is 2.10 bits per heavy atom. The summed E-state index contributed by atoms with van der Waals surface area (Å²) in [7, 11) is 0. The molecule has 1 N–H and O–H groups in total. The number of allylic oxidation sites excluding steroid dienone is 3. The Labute approximate surface area is 129 Å². The second kappa shape index (κ2) is 7.23. The fraction of sp³-hybridized carbons (Fsp3) is 0.294. The summed E-state index contributed by atoms with van der Waals surface area (Å²) in [5.74, 6) is -0.180. The number of benzene rings is 1. The zero-order chi connectivity index (χ0) is 15.2. The van der Waals surface area contributed by atoms with Crippen LogP contribution in [0, 0.1) is 0 Å². The van der Waals surface area contributed by atoms with Gasteiger partial charge >= 0.3 is 0 Å². The van der Waals surface area contributed by atoms with E-state index in [2.05, 4.69) is 5.32 Å². The van der Waals surface area contributed by atoms with Crippen LogP contribution in [0.2, 0.25) is 5.02 Å². The van der Waals surface area contributed by atoms with Crippen molar-refractivity contribution in [3.8, 4) is 0 Å². The van der Waals surface area contributed by atoms with E-state index in [1.54, 1.807) is 18.2 Å². The lowest BCUT2D eigenvalue weighted by Crippen LogP contribution is -2.24. The van der Waals surface area contributed by atoms with Gasteiger partial charge in [-0.1, -0.05) is 42.8 Å². The van der Waals surface area contributed by atoms with Gasteiger partial charge in [0.1, 0.15) is 5.78 Å². The molecule has 0 fully saturated rings.